The minimum absolute atomic E-state index is 0.0120. The molecule has 0 heterocycles. The van der Waals surface area contributed by atoms with Crippen LogP contribution < -0.4 is 9.47 Å². The Hall–Kier alpha value is -2.34. The molecule has 6 heteroatoms. The Balaban J connectivity index is 2.30. The van der Waals surface area contributed by atoms with Crippen LogP contribution in [-0.4, -0.2) is 48.1 Å². The normalized spacial score (nSPS) is 18.1. The number of aliphatic imine (C=N–C) groups is 1. The fraction of sp³-hybridized carbons (Fsp3) is 0.500. The van der Waals surface area contributed by atoms with Crippen LogP contribution in [0.15, 0.2) is 34.5 Å². The number of nitrogens with zero attached hydrogens (tertiary/aromatic N) is 1. The fourth-order valence-electron chi connectivity index (χ4n) is 2.99. The first-order valence-corrected chi connectivity index (χ1v) is 9.09. The van der Waals surface area contributed by atoms with Gasteiger partial charge in [0, 0.05) is 18.6 Å². The van der Waals surface area contributed by atoms with Gasteiger partial charge >= 0.3 is 0 Å². The van der Waals surface area contributed by atoms with Crippen LogP contribution in [0.1, 0.15) is 38.7 Å². The molecule has 0 amide bonds. The zero-order chi connectivity index (χ0) is 18.9. The summed E-state index contributed by atoms with van der Waals surface area (Å²) in [6, 6.07) is 5.48. The monoisotopic (exact) mass is 361 g/mol. The van der Waals surface area contributed by atoms with Gasteiger partial charge in [-0.2, -0.15) is 0 Å². The molecule has 0 saturated heterocycles. The van der Waals surface area contributed by atoms with Crippen LogP contribution in [0.2, 0.25) is 0 Å². The first-order valence-electron chi connectivity index (χ1n) is 9.09. The van der Waals surface area contributed by atoms with Crippen LogP contribution in [0.4, 0.5) is 0 Å². The molecule has 0 bridgehead atoms. The van der Waals surface area contributed by atoms with Gasteiger partial charge in [-0.3, -0.25) is 9.79 Å². The van der Waals surface area contributed by atoms with Crippen molar-refractivity contribution in [3.8, 4) is 11.5 Å². The van der Waals surface area contributed by atoms with Gasteiger partial charge in [-0.25, -0.2) is 0 Å². The maximum absolute atomic E-state index is 12.3. The number of rotatable bonds is 8. The van der Waals surface area contributed by atoms with Crippen LogP contribution in [0.3, 0.4) is 0 Å². The van der Waals surface area contributed by atoms with Crippen molar-refractivity contribution in [3.05, 3.63) is 35.1 Å². The van der Waals surface area contributed by atoms with Gasteiger partial charge in [0.2, 0.25) is 0 Å². The van der Waals surface area contributed by atoms with Crippen molar-refractivity contribution >= 4 is 11.5 Å². The maximum Gasteiger partial charge on any atom is 0.168 e. The van der Waals surface area contributed by atoms with E-state index in [0.717, 1.165) is 12.0 Å². The first kappa shape index (κ1) is 20.0. The summed E-state index contributed by atoms with van der Waals surface area (Å²) in [7, 11) is 0. The molecule has 142 valence electrons. The highest BCUT2D eigenvalue weighted by atomic mass is 16.5. The molecule has 1 aromatic rings. The standard InChI is InChI=1S/C20H27NO5/c1-3-25-18-9-8-14(13-19(18)26-4-2)12-17(24)20-15(21-10-11-22)6-5-7-16(20)23/h8-9,13,22,24H,3-7,10-12H2,1-2H3/b20-17+,21-15?. The van der Waals surface area contributed by atoms with Gasteiger partial charge in [0.05, 0.1) is 31.9 Å². The van der Waals surface area contributed by atoms with E-state index in [1.54, 1.807) is 0 Å². The van der Waals surface area contributed by atoms with E-state index in [2.05, 4.69) is 4.99 Å². The third-order valence-electron chi connectivity index (χ3n) is 4.06. The van der Waals surface area contributed by atoms with Crippen molar-refractivity contribution in [2.24, 2.45) is 4.99 Å². The summed E-state index contributed by atoms with van der Waals surface area (Å²) in [5.41, 5.74) is 1.71. The van der Waals surface area contributed by atoms with E-state index in [1.165, 1.54) is 0 Å². The first-order chi connectivity index (χ1) is 12.6. The molecule has 1 saturated carbocycles. The van der Waals surface area contributed by atoms with Gasteiger partial charge in [0.25, 0.3) is 0 Å². The molecule has 1 fully saturated rings. The van der Waals surface area contributed by atoms with Gasteiger partial charge in [0.1, 0.15) is 5.76 Å². The van der Waals surface area contributed by atoms with Gasteiger partial charge < -0.3 is 19.7 Å². The second-order valence-corrected chi connectivity index (χ2v) is 5.97. The summed E-state index contributed by atoms with van der Waals surface area (Å²) in [6.07, 6.45) is 1.98. The van der Waals surface area contributed by atoms with Crippen molar-refractivity contribution in [2.75, 3.05) is 26.4 Å². The van der Waals surface area contributed by atoms with Gasteiger partial charge in [0.15, 0.2) is 17.3 Å². The van der Waals surface area contributed by atoms with Crippen LogP contribution >= 0.6 is 0 Å². The second-order valence-electron chi connectivity index (χ2n) is 5.97. The SMILES string of the molecule is CCOc1ccc(C/C(O)=C2\C(=O)CCCC2=NCCO)cc1OCC. The third-order valence-corrected chi connectivity index (χ3v) is 4.06. The van der Waals surface area contributed by atoms with Crippen LogP contribution in [0.25, 0.3) is 0 Å². The molecule has 0 atom stereocenters. The Morgan fingerprint density at radius 2 is 1.88 bits per heavy atom. The number of aliphatic hydroxyl groups is 2. The van der Waals surface area contributed by atoms with Crippen molar-refractivity contribution in [1.82, 2.24) is 0 Å². The highest BCUT2D eigenvalue weighted by molar-refractivity contribution is 6.24. The predicted octanol–water partition coefficient (Wildman–Crippen LogP) is 3.02. The molecule has 2 rings (SSSR count). The number of allylic oxidation sites excluding steroid dienone is 2. The minimum Gasteiger partial charge on any atom is -0.511 e. The lowest BCUT2D eigenvalue weighted by Gasteiger charge is -2.18. The maximum atomic E-state index is 12.3. The van der Waals surface area contributed by atoms with Crippen LogP contribution in [0, 0.1) is 0 Å². The van der Waals surface area contributed by atoms with Crippen molar-refractivity contribution < 1.29 is 24.5 Å². The summed E-state index contributed by atoms with van der Waals surface area (Å²) >= 11 is 0. The molecule has 1 aliphatic carbocycles. The highest BCUT2D eigenvalue weighted by Crippen LogP contribution is 2.30. The van der Waals surface area contributed by atoms with Crippen molar-refractivity contribution in [1.29, 1.82) is 0 Å². The van der Waals surface area contributed by atoms with Crippen molar-refractivity contribution in [3.63, 3.8) is 0 Å². The second kappa shape index (κ2) is 9.97. The quantitative estimate of drug-likeness (QED) is 0.549. The Kier molecular flexibility index (Phi) is 7.66. The Morgan fingerprint density at radius 1 is 1.15 bits per heavy atom. The number of ketones is 1. The van der Waals surface area contributed by atoms with E-state index in [0.29, 0.717) is 48.8 Å². The molecule has 6 nitrogen and oxygen atoms in total. The highest BCUT2D eigenvalue weighted by Gasteiger charge is 2.25. The average Bonchev–Trinajstić information content (AvgIpc) is 2.62. The zero-order valence-electron chi connectivity index (χ0n) is 15.5. The average molecular weight is 361 g/mol. The largest absolute Gasteiger partial charge is 0.511 e. The van der Waals surface area contributed by atoms with E-state index >= 15 is 0 Å². The van der Waals surface area contributed by atoms with E-state index in [-0.39, 0.29) is 31.1 Å². The van der Waals surface area contributed by atoms with Crippen LogP contribution in [-0.2, 0) is 11.2 Å². The van der Waals surface area contributed by atoms with Gasteiger partial charge in [-0.05, 0) is 44.4 Å². The van der Waals surface area contributed by atoms with E-state index in [9.17, 15) is 9.90 Å². The molecule has 0 aliphatic heterocycles. The van der Waals surface area contributed by atoms with Crippen molar-refractivity contribution in [2.45, 2.75) is 39.5 Å². The molecule has 0 aromatic heterocycles. The Labute approximate surface area is 154 Å². The summed E-state index contributed by atoms with van der Waals surface area (Å²) in [6.45, 7) is 4.99. The summed E-state index contributed by atoms with van der Waals surface area (Å²) < 4.78 is 11.2. The summed E-state index contributed by atoms with van der Waals surface area (Å²) in [4.78, 5) is 16.6. The summed E-state index contributed by atoms with van der Waals surface area (Å²) in [5.74, 6) is 1.19. The molecule has 26 heavy (non-hydrogen) atoms. The van der Waals surface area contributed by atoms with Gasteiger partial charge in [-0.15, -0.1) is 0 Å². The molecule has 0 unspecified atom stereocenters. The number of aliphatic hydroxyl groups excluding tert-OH is 2. The molecule has 1 aromatic carbocycles. The smallest absolute Gasteiger partial charge is 0.168 e. The topological polar surface area (TPSA) is 88.4 Å². The van der Waals surface area contributed by atoms with E-state index in [1.807, 2.05) is 32.0 Å². The lowest BCUT2D eigenvalue weighted by atomic mass is 9.89. The molecule has 1 aliphatic rings. The number of Topliss-reactive ketones (excluding diaryl/α,β-unsaturated/α-hetero) is 1. The number of hydrogen-bond donors (Lipinski definition) is 2. The predicted molar refractivity (Wildman–Crippen MR) is 100 cm³/mol. The molecule has 0 spiro atoms. The molecule has 0 radical (unpaired) electrons. The number of carbonyl (C=O) groups excluding carboxylic acids is 1. The van der Waals surface area contributed by atoms with Crippen LogP contribution in [0.5, 0.6) is 11.5 Å². The molecular formula is C20H27NO5. The number of ether oxygens (including phenoxy) is 2. The van der Waals surface area contributed by atoms with E-state index < -0.39 is 0 Å². The fourth-order valence-corrected chi connectivity index (χ4v) is 2.99. The number of hydrogen-bond acceptors (Lipinski definition) is 6. The van der Waals surface area contributed by atoms with Gasteiger partial charge in [-0.1, -0.05) is 6.07 Å². The number of carbonyl (C=O) groups is 1. The van der Waals surface area contributed by atoms with E-state index in [4.69, 9.17) is 14.6 Å². The Bertz CT molecular complexity index is 693. The molecular weight excluding hydrogens is 334 g/mol. The minimum atomic E-state index is -0.0959. The zero-order valence-corrected chi connectivity index (χ0v) is 15.5. The number of benzene rings is 1. The molecule has 2 N–H and O–H groups in total. The summed E-state index contributed by atoms with van der Waals surface area (Å²) in [5, 5.41) is 19.6. The Morgan fingerprint density at radius 3 is 2.58 bits per heavy atom. The third kappa shape index (κ3) is 5.08. The lowest BCUT2D eigenvalue weighted by Crippen LogP contribution is -2.22. The lowest BCUT2D eigenvalue weighted by molar-refractivity contribution is -0.115.